The number of hydrogen-bond acceptors (Lipinski definition) is 7. The van der Waals surface area contributed by atoms with Gasteiger partial charge in [0.25, 0.3) is 0 Å². The molecule has 3 N–H and O–H groups in total. The lowest BCUT2D eigenvalue weighted by molar-refractivity contribution is -0.138. The minimum Gasteiger partial charge on any atom is -0.494 e. The largest absolute Gasteiger partial charge is 0.494 e. The van der Waals surface area contributed by atoms with Gasteiger partial charge in [-0.2, -0.15) is 13.2 Å². The summed E-state index contributed by atoms with van der Waals surface area (Å²) in [6.45, 7) is 7.43. The van der Waals surface area contributed by atoms with E-state index in [2.05, 4.69) is 21.9 Å². The van der Waals surface area contributed by atoms with Crippen LogP contribution in [0.5, 0.6) is 5.75 Å². The van der Waals surface area contributed by atoms with E-state index in [4.69, 9.17) is 15.2 Å². The van der Waals surface area contributed by atoms with Gasteiger partial charge in [-0.15, -0.1) is 0 Å². The summed E-state index contributed by atoms with van der Waals surface area (Å²) in [4.78, 5) is 21.1. The molecule has 1 aromatic heterocycles. The molecule has 11 heteroatoms. The van der Waals surface area contributed by atoms with Crippen molar-refractivity contribution in [1.29, 1.82) is 0 Å². The Hall–Kier alpha value is -4.54. The summed E-state index contributed by atoms with van der Waals surface area (Å²) in [6, 6.07) is 9.46. The Kier molecular flexibility index (Phi) is 8.38. The molecule has 0 aliphatic rings. The van der Waals surface area contributed by atoms with Crippen LogP contribution >= 0.6 is 0 Å². The minimum atomic E-state index is -4.52. The SMILES string of the molecule is C=C(/N=C(\C(=C/N)C(=O)OCC)c1ccc(C(F)(F)F)cc1)Nc1ccc(-n2cnc(C)c2)c(OC)c1. The van der Waals surface area contributed by atoms with E-state index in [9.17, 15) is 18.0 Å². The third kappa shape index (κ3) is 6.57. The van der Waals surface area contributed by atoms with E-state index in [0.29, 0.717) is 11.4 Å². The van der Waals surface area contributed by atoms with Crippen molar-refractivity contribution in [2.24, 2.45) is 10.7 Å². The zero-order chi connectivity index (χ0) is 27.2. The molecular formula is C26H26F3N5O3. The van der Waals surface area contributed by atoms with E-state index in [0.717, 1.165) is 29.7 Å². The number of alkyl halides is 3. The summed E-state index contributed by atoms with van der Waals surface area (Å²) in [5.41, 5.74) is 7.07. The van der Waals surface area contributed by atoms with Crippen molar-refractivity contribution in [1.82, 2.24) is 9.55 Å². The van der Waals surface area contributed by atoms with Gasteiger partial charge in [-0.25, -0.2) is 14.8 Å². The summed E-state index contributed by atoms with van der Waals surface area (Å²) >= 11 is 0. The zero-order valence-electron chi connectivity index (χ0n) is 20.5. The molecule has 0 aliphatic carbocycles. The Morgan fingerprint density at radius 2 is 1.95 bits per heavy atom. The van der Waals surface area contributed by atoms with Crippen molar-refractivity contribution < 1.29 is 27.4 Å². The molecule has 0 spiro atoms. The van der Waals surface area contributed by atoms with E-state index in [1.54, 1.807) is 31.5 Å². The third-order valence-corrected chi connectivity index (χ3v) is 5.11. The standard InChI is InChI=1S/C26H26F3N5O3/c1-5-37-25(35)21(13-30)24(18-6-8-19(9-7-18)26(27,28)29)33-17(3)32-20-10-11-22(23(12-20)36-4)34-14-16(2)31-15-34/h6-15,32H,3,5,30H2,1-2,4H3/b21-13+,33-24-. The molecule has 3 aromatic rings. The van der Waals surface area contributed by atoms with Crippen LogP contribution in [0.4, 0.5) is 18.9 Å². The first kappa shape index (κ1) is 27.1. The van der Waals surface area contributed by atoms with Gasteiger partial charge in [0, 0.05) is 29.7 Å². The van der Waals surface area contributed by atoms with Gasteiger partial charge in [-0.1, -0.05) is 18.7 Å². The number of carbonyl (C=O) groups is 1. The van der Waals surface area contributed by atoms with Crippen LogP contribution in [-0.4, -0.2) is 34.9 Å². The average molecular weight is 514 g/mol. The zero-order valence-corrected chi connectivity index (χ0v) is 20.5. The summed E-state index contributed by atoms with van der Waals surface area (Å²) in [7, 11) is 1.53. The number of aryl methyl sites for hydroxylation is 1. The van der Waals surface area contributed by atoms with Crippen LogP contribution in [-0.2, 0) is 15.7 Å². The maximum Gasteiger partial charge on any atom is 0.416 e. The van der Waals surface area contributed by atoms with Crippen LogP contribution in [0.15, 0.2) is 84.2 Å². The van der Waals surface area contributed by atoms with Crippen molar-refractivity contribution >= 4 is 17.4 Å². The van der Waals surface area contributed by atoms with Gasteiger partial charge >= 0.3 is 12.1 Å². The average Bonchev–Trinajstić information content (AvgIpc) is 3.29. The summed E-state index contributed by atoms with van der Waals surface area (Å²) in [5.74, 6) is -0.152. The number of ether oxygens (including phenoxy) is 2. The molecule has 0 amide bonds. The quantitative estimate of drug-likeness (QED) is 0.238. The van der Waals surface area contributed by atoms with Crippen LogP contribution in [0.25, 0.3) is 5.69 Å². The van der Waals surface area contributed by atoms with Gasteiger partial charge < -0.3 is 25.1 Å². The number of nitrogens with one attached hydrogen (secondary N) is 1. The number of carbonyl (C=O) groups excluding carboxylic acids is 1. The highest BCUT2D eigenvalue weighted by molar-refractivity contribution is 6.27. The summed E-state index contributed by atoms with van der Waals surface area (Å²) < 4.78 is 51.5. The van der Waals surface area contributed by atoms with Gasteiger partial charge in [0.15, 0.2) is 0 Å². The molecule has 0 saturated heterocycles. The van der Waals surface area contributed by atoms with Crippen LogP contribution in [0.2, 0.25) is 0 Å². The van der Waals surface area contributed by atoms with Crippen LogP contribution in [0.1, 0.15) is 23.7 Å². The maximum absolute atomic E-state index is 13.1. The molecule has 0 saturated carbocycles. The number of nitrogens with two attached hydrogens (primary N) is 1. The van der Waals surface area contributed by atoms with E-state index in [1.807, 2.05) is 17.7 Å². The molecular weight excluding hydrogens is 487 g/mol. The second-order valence-corrected chi connectivity index (χ2v) is 7.72. The van der Waals surface area contributed by atoms with Crippen molar-refractivity contribution in [3.8, 4) is 11.4 Å². The van der Waals surface area contributed by atoms with E-state index >= 15 is 0 Å². The second-order valence-electron chi connectivity index (χ2n) is 7.72. The first-order valence-electron chi connectivity index (χ1n) is 11.1. The number of imidazole rings is 1. The fourth-order valence-electron chi connectivity index (χ4n) is 3.40. The molecule has 37 heavy (non-hydrogen) atoms. The number of methoxy groups -OCH3 is 1. The molecule has 0 atom stereocenters. The van der Waals surface area contributed by atoms with Crippen molar-refractivity contribution in [2.45, 2.75) is 20.0 Å². The number of aromatic nitrogens is 2. The predicted molar refractivity (Wildman–Crippen MR) is 135 cm³/mol. The molecule has 0 aliphatic heterocycles. The fourth-order valence-corrected chi connectivity index (χ4v) is 3.40. The van der Waals surface area contributed by atoms with Crippen molar-refractivity contribution in [2.75, 3.05) is 19.0 Å². The lowest BCUT2D eigenvalue weighted by atomic mass is 10.0. The lowest BCUT2D eigenvalue weighted by Crippen LogP contribution is -2.19. The van der Waals surface area contributed by atoms with Gasteiger partial charge in [0.2, 0.25) is 0 Å². The van der Waals surface area contributed by atoms with Crippen LogP contribution in [0.3, 0.4) is 0 Å². The number of aliphatic imine (C=N–C) groups is 1. The number of halogens is 3. The topological polar surface area (TPSA) is 104 Å². The van der Waals surface area contributed by atoms with Gasteiger partial charge in [0.1, 0.15) is 17.1 Å². The summed E-state index contributed by atoms with van der Waals surface area (Å²) in [5, 5.41) is 3.00. The number of esters is 1. The highest BCUT2D eigenvalue weighted by atomic mass is 19.4. The first-order valence-corrected chi connectivity index (χ1v) is 11.1. The molecule has 2 aromatic carbocycles. The smallest absolute Gasteiger partial charge is 0.416 e. The second kappa shape index (κ2) is 11.5. The monoisotopic (exact) mass is 513 g/mol. The van der Waals surface area contributed by atoms with Crippen LogP contribution in [0, 0.1) is 6.92 Å². The number of anilines is 1. The molecule has 194 valence electrons. The lowest BCUT2D eigenvalue weighted by Gasteiger charge is -2.15. The Labute approximate surface area is 211 Å². The summed E-state index contributed by atoms with van der Waals surface area (Å²) in [6.07, 6.45) is -0.0154. The Bertz CT molecular complexity index is 1340. The molecule has 0 fully saturated rings. The maximum atomic E-state index is 13.1. The molecule has 0 bridgehead atoms. The van der Waals surface area contributed by atoms with Crippen molar-refractivity contribution in [3.63, 3.8) is 0 Å². The normalized spacial score (nSPS) is 12.3. The molecule has 3 rings (SSSR count). The first-order chi connectivity index (χ1) is 17.6. The van der Waals surface area contributed by atoms with E-state index < -0.39 is 17.7 Å². The van der Waals surface area contributed by atoms with E-state index in [-0.39, 0.29) is 29.3 Å². The Balaban J connectivity index is 1.96. The number of hydrogen-bond donors (Lipinski definition) is 2. The fraction of sp³-hybridized carbons (Fsp3) is 0.192. The number of benzene rings is 2. The molecule has 8 nitrogen and oxygen atoms in total. The van der Waals surface area contributed by atoms with Gasteiger partial charge in [-0.05, 0) is 38.1 Å². The Morgan fingerprint density at radius 1 is 1.24 bits per heavy atom. The van der Waals surface area contributed by atoms with E-state index in [1.165, 1.54) is 19.2 Å². The number of nitrogens with zero attached hydrogens (tertiary/aromatic N) is 3. The molecule has 1 heterocycles. The molecule has 0 radical (unpaired) electrons. The predicted octanol–water partition coefficient (Wildman–Crippen LogP) is 4.99. The van der Waals surface area contributed by atoms with Gasteiger partial charge in [-0.3, -0.25) is 0 Å². The van der Waals surface area contributed by atoms with Crippen LogP contribution < -0.4 is 15.8 Å². The van der Waals surface area contributed by atoms with Crippen molar-refractivity contribution in [3.05, 3.63) is 96.0 Å². The molecule has 0 unspecified atom stereocenters. The third-order valence-electron chi connectivity index (χ3n) is 5.11. The highest BCUT2D eigenvalue weighted by Crippen LogP contribution is 2.30. The minimum absolute atomic E-state index is 0.00958. The Morgan fingerprint density at radius 3 is 2.49 bits per heavy atom. The van der Waals surface area contributed by atoms with Gasteiger partial charge in [0.05, 0.1) is 42.7 Å². The highest BCUT2D eigenvalue weighted by Gasteiger charge is 2.30. The number of rotatable bonds is 9.